The fourth-order valence-corrected chi connectivity index (χ4v) is 2.94. The van der Waals surface area contributed by atoms with Gasteiger partial charge in [-0.1, -0.05) is 18.2 Å². The average Bonchev–Trinajstić information content (AvgIpc) is 2.61. The Balaban J connectivity index is 1.67. The zero-order valence-electron chi connectivity index (χ0n) is 14.3. The highest BCUT2D eigenvalue weighted by atomic mass is 19.4. The molecular weight excluding hydrogens is 345 g/mol. The monoisotopic (exact) mass is 364 g/mol. The number of benzene rings is 1. The van der Waals surface area contributed by atoms with Gasteiger partial charge in [0.15, 0.2) is 0 Å². The standard InChI is InChI=1S/C19H19F3N2O2/c1-13-5-6-15(11-23-13)18(25)24-7-8-26-17(12-24)10-14-3-2-4-16(9-14)19(20,21)22/h2-6,9,11,17H,7-8,10,12H2,1H3/t17-/m0/s1. The van der Waals surface area contributed by atoms with Crippen LogP contribution in [0.1, 0.15) is 27.2 Å². The summed E-state index contributed by atoms with van der Waals surface area (Å²) in [5.41, 5.74) is 1.18. The van der Waals surface area contributed by atoms with Crippen LogP contribution in [0.15, 0.2) is 42.6 Å². The summed E-state index contributed by atoms with van der Waals surface area (Å²) < 4.78 is 44.2. The van der Waals surface area contributed by atoms with Crippen molar-refractivity contribution in [1.29, 1.82) is 0 Å². The number of hydrogen-bond donors (Lipinski definition) is 0. The minimum atomic E-state index is -4.37. The number of amides is 1. The van der Waals surface area contributed by atoms with Gasteiger partial charge in [-0.15, -0.1) is 0 Å². The molecule has 0 saturated carbocycles. The summed E-state index contributed by atoms with van der Waals surface area (Å²) in [4.78, 5) is 18.4. The summed E-state index contributed by atoms with van der Waals surface area (Å²) in [5, 5.41) is 0. The quantitative estimate of drug-likeness (QED) is 0.837. The van der Waals surface area contributed by atoms with Gasteiger partial charge in [0, 0.05) is 31.4 Å². The lowest BCUT2D eigenvalue weighted by molar-refractivity contribution is -0.137. The average molecular weight is 364 g/mol. The molecule has 0 radical (unpaired) electrons. The number of rotatable bonds is 3. The summed E-state index contributed by atoms with van der Waals surface area (Å²) in [6, 6.07) is 8.71. The number of carbonyl (C=O) groups excluding carboxylic acids is 1. The van der Waals surface area contributed by atoms with Crippen LogP contribution in [0.25, 0.3) is 0 Å². The third-order valence-electron chi connectivity index (χ3n) is 4.30. The maximum absolute atomic E-state index is 12.8. The van der Waals surface area contributed by atoms with Crippen LogP contribution in [0.2, 0.25) is 0 Å². The zero-order chi connectivity index (χ0) is 18.7. The van der Waals surface area contributed by atoms with E-state index in [-0.39, 0.29) is 12.0 Å². The van der Waals surface area contributed by atoms with Crippen LogP contribution in [-0.2, 0) is 17.3 Å². The lowest BCUT2D eigenvalue weighted by Crippen LogP contribution is -2.46. The molecule has 138 valence electrons. The van der Waals surface area contributed by atoms with Crippen molar-refractivity contribution in [2.24, 2.45) is 0 Å². The number of nitrogens with zero attached hydrogens (tertiary/aromatic N) is 2. The van der Waals surface area contributed by atoms with Gasteiger partial charge in [-0.25, -0.2) is 0 Å². The first-order valence-electron chi connectivity index (χ1n) is 8.32. The highest BCUT2D eigenvalue weighted by Gasteiger charge is 2.31. The smallest absolute Gasteiger partial charge is 0.374 e. The normalized spacial score (nSPS) is 18.0. The summed E-state index contributed by atoms with van der Waals surface area (Å²) in [6.45, 7) is 2.98. The first-order valence-corrected chi connectivity index (χ1v) is 8.32. The van der Waals surface area contributed by atoms with Gasteiger partial charge in [-0.3, -0.25) is 9.78 Å². The summed E-state index contributed by atoms with van der Waals surface area (Å²) in [5.74, 6) is -0.144. The zero-order valence-corrected chi connectivity index (χ0v) is 14.3. The van der Waals surface area contributed by atoms with Crippen molar-refractivity contribution in [3.63, 3.8) is 0 Å². The number of alkyl halides is 3. The van der Waals surface area contributed by atoms with Crippen LogP contribution in [-0.4, -0.2) is 41.6 Å². The first-order chi connectivity index (χ1) is 12.3. The summed E-state index contributed by atoms with van der Waals surface area (Å²) >= 11 is 0. The van der Waals surface area contributed by atoms with Gasteiger partial charge < -0.3 is 9.64 Å². The van der Waals surface area contributed by atoms with Crippen molar-refractivity contribution in [3.8, 4) is 0 Å². The molecule has 0 bridgehead atoms. The second-order valence-electron chi connectivity index (χ2n) is 6.33. The molecule has 0 aliphatic carbocycles. The third-order valence-corrected chi connectivity index (χ3v) is 4.30. The molecule has 3 rings (SSSR count). The van der Waals surface area contributed by atoms with Crippen molar-refractivity contribution < 1.29 is 22.7 Å². The molecule has 26 heavy (non-hydrogen) atoms. The largest absolute Gasteiger partial charge is 0.416 e. The minimum absolute atomic E-state index is 0.144. The lowest BCUT2D eigenvalue weighted by Gasteiger charge is -2.33. The second kappa shape index (κ2) is 7.45. The molecule has 1 aromatic heterocycles. The maximum Gasteiger partial charge on any atom is 0.416 e. The van der Waals surface area contributed by atoms with Crippen molar-refractivity contribution in [2.75, 3.05) is 19.7 Å². The number of aryl methyl sites for hydroxylation is 1. The van der Waals surface area contributed by atoms with Crippen LogP contribution in [0.4, 0.5) is 13.2 Å². The Hall–Kier alpha value is -2.41. The number of carbonyl (C=O) groups is 1. The SMILES string of the molecule is Cc1ccc(C(=O)N2CCO[C@@H](Cc3cccc(C(F)(F)F)c3)C2)cn1. The number of halogens is 3. The number of morpholine rings is 1. The van der Waals surface area contributed by atoms with Gasteiger partial charge in [0.25, 0.3) is 5.91 Å². The molecule has 2 aromatic rings. The van der Waals surface area contributed by atoms with E-state index in [9.17, 15) is 18.0 Å². The van der Waals surface area contributed by atoms with Gasteiger partial charge in [-0.05, 0) is 30.7 Å². The molecule has 1 fully saturated rings. The fraction of sp³-hybridized carbons (Fsp3) is 0.368. The summed E-state index contributed by atoms with van der Waals surface area (Å²) in [7, 11) is 0. The van der Waals surface area contributed by atoms with Crippen LogP contribution >= 0.6 is 0 Å². The van der Waals surface area contributed by atoms with Crippen molar-refractivity contribution in [2.45, 2.75) is 25.6 Å². The van der Waals surface area contributed by atoms with E-state index in [4.69, 9.17) is 4.74 Å². The molecule has 1 amide bonds. The molecule has 1 aliphatic rings. The van der Waals surface area contributed by atoms with Gasteiger partial charge in [-0.2, -0.15) is 13.2 Å². The molecule has 1 aromatic carbocycles. The summed E-state index contributed by atoms with van der Waals surface area (Å²) in [6.07, 6.45) is -2.85. The molecule has 7 heteroatoms. The van der Waals surface area contributed by atoms with Crippen LogP contribution in [0, 0.1) is 6.92 Å². The Bertz CT molecular complexity index is 775. The molecule has 0 unspecified atom stereocenters. The number of hydrogen-bond acceptors (Lipinski definition) is 3. The van der Waals surface area contributed by atoms with E-state index in [0.717, 1.165) is 17.8 Å². The molecule has 0 spiro atoms. The van der Waals surface area contributed by atoms with E-state index in [1.807, 2.05) is 6.92 Å². The Morgan fingerprint density at radius 3 is 2.81 bits per heavy atom. The van der Waals surface area contributed by atoms with E-state index in [2.05, 4.69) is 4.98 Å². The van der Waals surface area contributed by atoms with E-state index in [1.54, 1.807) is 23.1 Å². The Morgan fingerprint density at radius 1 is 1.31 bits per heavy atom. The van der Waals surface area contributed by atoms with Crippen molar-refractivity contribution in [1.82, 2.24) is 9.88 Å². The van der Waals surface area contributed by atoms with Gasteiger partial charge in [0.2, 0.25) is 0 Å². The van der Waals surface area contributed by atoms with E-state index < -0.39 is 11.7 Å². The molecule has 1 aliphatic heterocycles. The Labute approximate surface area is 149 Å². The number of pyridine rings is 1. The van der Waals surface area contributed by atoms with Crippen molar-refractivity contribution >= 4 is 5.91 Å². The van der Waals surface area contributed by atoms with Gasteiger partial charge in [0.1, 0.15) is 0 Å². The Morgan fingerprint density at radius 2 is 2.12 bits per heavy atom. The topological polar surface area (TPSA) is 42.4 Å². The van der Waals surface area contributed by atoms with Crippen LogP contribution in [0.5, 0.6) is 0 Å². The fourth-order valence-electron chi connectivity index (χ4n) is 2.94. The lowest BCUT2D eigenvalue weighted by atomic mass is 10.0. The maximum atomic E-state index is 12.8. The molecule has 2 heterocycles. The third kappa shape index (κ3) is 4.40. The van der Waals surface area contributed by atoms with Gasteiger partial charge in [0.05, 0.1) is 23.8 Å². The van der Waals surface area contributed by atoms with Crippen LogP contribution < -0.4 is 0 Å². The van der Waals surface area contributed by atoms with E-state index in [0.29, 0.717) is 37.2 Å². The Kier molecular flexibility index (Phi) is 5.27. The van der Waals surface area contributed by atoms with Gasteiger partial charge >= 0.3 is 6.18 Å². The first kappa shape index (κ1) is 18.4. The molecule has 4 nitrogen and oxygen atoms in total. The highest BCUT2D eigenvalue weighted by Crippen LogP contribution is 2.30. The molecular formula is C19H19F3N2O2. The predicted molar refractivity (Wildman–Crippen MR) is 89.8 cm³/mol. The predicted octanol–water partition coefficient (Wildman–Crippen LogP) is 3.49. The molecule has 0 N–H and O–H groups in total. The molecule has 1 saturated heterocycles. The van der Waals surface area contributed by atoms with E-state index in [1.165, 1.54) is 12.3 Å². The highest BCUT2D eigenvalue weighted by molar-refractivity contribution is 5.94. The number of aromatic nitrogens is 1. The minimum Gasteiger partial charge on any atom is -0.374 e. The molecule has 1 atom stereocenters. The second-order valence-corrected chi connectivity index (χ2v) is 6.33. The van der Waals surface area contributed by atoms with Crippen LogP contribution in [0.3, 0.4) is 0 Å². The number of ether oxygens (including phenoxy) is 1. The van der Waals surface area contributed by atoms with Crippen molar-refractivity contribution in [3.05, 3.63) is 65.0 Å². The van der Waals surface area contributed by atoms with E-state index >= 15 is 0 Å².